The molecule has 1 rings (SSSR count). The number of hydrogen-bond donors (Lipinski definition) is 1. The van der Waals surface area contributed by atoms with Crippen LogP contribution in [0, 0.1) is 0 Å². The third-order valence-corrected chi connectivity index (χ3v) is 4.10. The summed E-state index contributed by atoms with van der Waals surface area (Å²) in [6, 6.07) is 9.74. The Balaban J connectivity index is 2.37. The van der Waals surface area contributed by atoms with Crippen molar-refractivity contribution >= 4 is 9.84 Å². The van der Waals surface area contributed by atoms with Crippen LogP contribution in [0.25, 0.3) is 0 Å². The van der Waals surface area contributed by atoms with Crippen molar-refractivity contribution in [3.05, 3.63) is 35.9 Å². The molecular weight excluding hydrogens is 234 g/mol. The van der Waals surface area contributed by atoms with E-state index in [1.165, 1.54) is 0 Å². The predicted molar refractivity (Wildman–Crippen MR) is 71.7 cm³/mol. The van der Waals surface area contributed by atoms with Gasteiger partial charge in [-0.05, 0) is 18.5 Å². The molecule has 0 bridgehead atoms. The van der Waals surface area contributed by atoms with Gasteiger partial charge >= 0.3 is 0 Å². The first-order valence-corrected chi connectivity index (χ1v) is 7.79. The minimum absolute atomic E-state index is 0.148. The second-order valence-electron chi connectivity index (χ2n) is 4.54. The molecule has 0 heterocycles. The summed E-state index contributed by atoms with van der Waals surface area (Å²) >= 11 is 0. The second-order valence-corrected chi connectivity index (χ2v) is 6.72. The highest BCUT2D eigenvalue weighted by Crippen LogP contribution is 2.06. The lowest BCUT2D eigenvalue weighted by Crippen LogP contribution is -2.25. The summed E-state index contributed by atoms with van der Waals surface area (Å²) in [5.41, 5.74) is 0.865. The molecule has 0 saturated carbocycles. The van der Waals surface area contributed by atoms with Crippen LogP contribution < -0.4 is 5.32 Å². The van der Waals surface area contributed by atoms with Crippen molar-refractivity contribution in [3.8, 4) is 0 Å². The zero-order valence-corrected chi connectivity index (χ0v) is 11.3. The SMILES string of the molecule is CC(C)NCCCS(=O)(=O)Cc1ccccc1. The lowest BCUT2D eigenvalue weighted by Gasteiger charge is -2.08. The normalized spacial score (nSPS) is 11.9. The van der Waals surface area contributed by atoms with E-state index in [0.717, 1.165) is 12.1 Å². The molecule has 96 valence electrons. The summed E-state index contributed by atoms with van der Waals surface area (Å²) in [6.45, 7) is 4.86. The third-order valence-electron chi connectivity index (χ3n) is 2.41. The van der Waals surface area contributed by atoms with E-state index in [0.29, 0.717) is 12.5 Å². The molecule has 0 saturated heterocycles. The van der Waals surface area contributed by atoms with Gasteiger partial charge in [0.2, 0.25) is 0 Å². The fourth-order valence-corrected chi connectivity index (χ4v) is 3.01. The molecule has 0 amide bonds. The van der Waals surface area contributed by atoms with Crippen LogP contribution in [0.3, 0.4) is 0 Å². The van der Waals surface area contributed by atoms with E-state index in [4.69, 9.17) is 0 Å². The van der Waals surface area contributed by atoms with Crippen molar-refractivity contribution in [1.29, 1.82) is 0 Å². The zero-order chi connectivity index (χ0) is 12.7. The fraction of sp³-hybridized carbons (Fsp3) is 0.538. The Kier molecular flexibility index (Phi) is 5.65. The van der Waals surface area contributed by atoms with E-state index in [9.17, 15) is 8.42 Å². The van der Waals surface area contributed by atoms with Gasteiger partial charge in [0.05, 0.1) is 11.5 Å². The topological polar surface area (TPSA) is 46.2 Å². The zero-order valence-electron chi connectivity index (χ0n) is 10.5. The minimum atomic E-state index is -2.97. The van der Waals surface area contributed by atoms with E-state index < -0.39 is 9.84 Å². The molecule has 0 spiro atoms. The van der Waals surface area contributed by atoms with Crippen LogP contribution in [0.5, 0.6) is 0 Å². The molecule has 0 unspecified atom stereocenters. The molecule has 0 aliphatic heterocycles. The first-order valence-electron chi connectivity index (χ1n) is 5.97. The standard InChI is InChI=1S/C13H21NO2S/c1-12(2)14-9-6-10-17(15,16)11-13-7-4-3-5-8-13/h3-5,7-8,12,14H,6,9-11H2,1-2H3. The first kappa shape index (κ1) is 14.2. The Morgan fingerprint density at radius 3 is 2.41 bits per heavy atom. The van der Waals surface area contributed by atoms with Crippen LogP contribution in [0.15, 0.2) is 30.3 Å². The predicted octanol–water partition coefficient (Wildman–Crippen LogP) is 1.99. The Bertz CT molecular complexity index is 412. The monoisotopic (exact) mass is 255 g/mol. The van der Waals surface area contributed by atoms with Crippen molar-refractivity contribution in [3.63, 3.8) is 0 Å². The van der Waals surface area contributed by atoms with Crippen LogP contribution in [-0.4, -0.2) is 26.8 Å². The number of hydrogen-bond acceptors (Lipinski definition) is 3. The Labute approximate surface area is 104 Å². The van der Waals surface area contributed by atoms with Crippen molar-refractivity contribution in [2.24, 2.45) is 0 Å². The minimum Gasteiger partial charge on any atom is -0.314 e. The van der Waals surface area contributed by atoms with E-state index >= 15 is 0 Å². The van der Waals surface area contributed by atoms with Gasteiger partial charge in [0, 0.05) is 6.04 Å². The second kappa shape index (κ2) is 6.77. The van der Waals surface area contributed by atoms with Crippen LogP contribution in [0.4, 0.5) is 0 Å². The molecule has 1 aromatic rings. The molecule has 0 fully saturated rings. The summed E-state index contributed by atoms with van der Waals surface area (Å²) in [5, 5.41) is 3.22. The molecule has 1 N–H and O–H groups in total. The number of rotatable bonds is 7. The average Bonchev–Trinajstić information content (AvgIpc) is 2.25. The van der Waals surface area contributed by atoms with Gasteiger partial charge in [-0.25, -0.2) is 8.42 Å². The van der Waals surface area contributed by atoms with Gasteiger partial charge in [0.25, 0.3) is 0 Å². The maximum atomic E-state index is 11.8. The highest BCUT2D eigenvalue weighted by atomic mass is 32.2. The van der Waals surface area contributed by atoms with Crippen LogP contribution in [0.1, 0.15) is 25.8 Å². The molecular formula is C13H21NO2S. The van der Waals surface area contributed by atoms with Gasteiger partial charge in [0.15, 0.2) is 9.84 Å². The smallest absolute Gasteiger partial charge is 0.154 e. The van der Waals surface area contributed by atoms with Gasteiger partial charge in [-0.1, -0.05) is 44.2 Å². The molecule has 0 atom stereocenters. The highest BCUT2D eigenvalue weighted by Gasteiger charge is 2.11. The molecule has 0 aromatic heterocycles. The largest absolute Gasteiger partial charge is 0.314 e. The molecule has 0 aliphatic carbocycles. The van der Waals surface area contributed by atoms with E-state index in [-0.39, 0.29) is 11.5 Å². The highest BCUT2D eigenvalue weighted by molar-refractivity contribution is 7.90. The van der Waals surface area contributed by atoms with Crippen LogP contribution in [-0.2, 0) is 15.6 Å². The Morgan fingerprint density at radius 1 is 1.18 bits per heavy atom. The van der Waals surface area contributed by atoms with E-state index in [1.54, 1.807) is 0 Å². The van der Waals surface area contributed by atoms with Gasteiger partial charge in [-0.2, -0.15) is 0 Å². The summed E-state index contributed by atoms with van der Waals surface area (Å²) < 4.78 is 23.6. The van der Waals surface area contributed by atoms with Crippen molar-refractivity contribution in [1.82, 2.24) is 5.32 Å². The molecule has 0 radical (unpaired) electrons. The molecule has 1 aromatic carbocycles. The third kappa shape index (κ3) is 6.44. The molecule has 17 heavy (non-hydrogen) atoms. The van der Waals surface area contributed by atoms with E-state index in [2.05, 4.69) is 19.2 Å². The molecule has 4 heteroatoms. The number of benzene rings is 1. The summed E-state index contributed by atoms with van der Waals surface area (Å²) in [7, 11) is -2.97. The quantitative estimate of drug-likeness (QED) is 0.758. The van der Waals surface area contributed by atoms with E-state index in [1.807, 2.05) is 30.3 Å². The van der Waals surface area contributed by atoms with Gasteiger partial charge < -0.3 is 5.32 Å². The lowest BCUT2D eigenvalue weighted by atomic mass is 10.2. The average molecular weight is 255 g/mol. The lowest BCUT2D eigenvalue weighted by molar-refractivity contribution is 0.568. The Morgan fingerprint density at radius 2 is 1.82 bits per heavy atom. The van der Waals surface area contributed by atoms with Crippen LogP contribution >= 0.6 is 0 Å². The fourth-order valence-electron chi connectivity index (χ4n) is 1.58. The Hall–Kier alpha value is -0.870. The maximum Gasteiger partial charge on any atom is 0.154 e. The maximum absolute atomic E-state index is 11.8. The molecule has 0 aliphatic rings. The van der Waals surface area contributed by atoms with Crippen molar-refractivity contribution in [2.45, 2.75) is 32.1 Å². The summed E-state index contributed by atoms with van der Waals surface area (Å²) in [6.07, 6.45) is 0.674. The van der Waals surface area contributed by atoms with Gasteiger partial charge in [-0.15, -0.1) is 0 Å². The van der Waals surface area contributed by atoms with Crippen molar-refractivity contribution in [2.75, 3.05) is 12.3 Å². The number of sulfone groups is 1. The van der Waals surface area contributed by atoms with Gasteiger partial charge in [-0.3, -0.25) is 0 Å². The molecule has 3 nitrogen and oxygen atoms in total. The summed E-state index contributed by atoms with van der Waals surface area (Å²) in [5.74, 6) is 0.400. The summed E-state index contributed by atoms with van der Waals surface area (Å²) in [4.78, 5) is 0. The van der Waals surface area contributed by atoms with Gasteiger partial charge in [0.1, 0.15) is 0 Å². The number of nitrogens with one attached hydrogen (secondary N) is 1. The first-order chi connectivity index (χ1) is 7.99. The van der Waals surface area contributed by atoms with Crippen molar-refractivity contribution < 1.29 is 8.42 Å². The van der Waals surface area contributed by atoms with Crippen LogP contribution in [0.2, 0.25) is 0 Å².